The molecule has 0 fully saturated rings. The molecule has 3 N–H and O–H groups in total. The monoisotopic (exact) mass is 419 g/mol. The van der Waals surface area contributed by atoms with Crippen LogP contribution in [-0.2, 0) is 22.6 Å². The maximum Gasteiger partial charge on any atom is 0.321 e. The molecule has 0 aromatic heterocycles. The van der Waals surface area contributed by atoms with Crippen LogP contribution in [0.15, 0.2) is 48.5 Å². The molecule has 0 aliphatic heterocycles. The van der Waals surface area contributed by atoms with Crippen molar-refractivity contribution in [1.29, 1.82) is 0 Å². The number of ether oxygens (including phenoxy) is 1. The maximum atomic E-state index is 11.7. The molecule has 0 heterocycles. The highest BCUT2D eigenvalue weighted by Crippen LogP contribution is 2.20. The molecule has 29 heavy (non-hydrogen) atoms. The third-order valence-electron chi connectivity index (χ3n) is 4.40. The first kappa shape index (κ1) is 22.7. The molecule has 0 bridgehead atoms. The fourth-order valence-corrected chi connectivity index (χ4v) is 3.14. The van der Waals surface area contributed by atoms with Crippen molar-refractivity contribution in [2.75, 3.05) is 0 Å². The van der Waals surface area contributed by atoms with Gasteiger partial charge in [-0.05, 0) is 42.5 Å². The summed E-state index contributed by atoms with van der Waals surface area (Å²) in [6.45, 7) is 4.08. The summed E-state index contributed by atoms with van der Waals surface area (Å²) < 4.78 is 5.78. The summed E-state index contributed by atoms with van der Waals surface area (Å²) in [7, 11) is 0. The van der Waals surface area contributed by atoms with E-state index in [4.69, 9.17) is 16.3 Å². The van der Waals surface area contributed by atoms with E-state index in [9.17, 15) is 19.8 Å². The quantitative estimate of drug-likeness (QED) is 0.509. The first-order valence-electron chi connectivity index (χ1n) is 9.43. The normalized spacial score (nSPS) is 13.1. The minimum absolute atomic E-state index is 0.125. The van der Waals surface area contributed by atoms with Crippen molar-refractivity contribution >= 4 is 23.5 Å². The number of rotatable bonds is 11. The Kier molecular flexibility index (Phi) is 8.49. The second-order valence-electron chi connectivity index (χ2n) is 7.31. The molecule has 2 rings (SSSR count). The smallest absolute Gasteiger partial charge is 0.321 e. The number of carboxylic acid groups (broad SMARTS) is 2. The average Bonchev–Trinajstić information content (AvgIpc) is 2.66. The summed E-state index contributed by atoms with van der Waals surface area (Å²) >= 11 is 6.13. The van der Waals surface area contributed by atoms with Crippen LogP contribution in [0, 0.1) is 5.92 Å². The highest BCUT2D eigenvalue weighted by molar-refractivity contribution is 6.31. The molecule has 6 nitrogen and oxygen atoms in total. The number of carbonyl (C=O) groups is 2. The van der Waals surface area contributed by atoms with Crippen LogP contribution < -0.4 is 10.1 Å². The molecular weight excluding hydrogens is 394 g/mol. The van der Waals surface area contributed by atoms with Gasteiger partial charge in [-0.2, -0.15) is 0 Å². The first-order valence-corrected chi connectivity index (χ1v) is 9.81. The molecule has 0 saturated heterocycles. The number of aliphatic carboxylic acids is 2. The van der Waals surface area contributed by atoms with E-state index in [-0.39, 0.29) is 12.3 Å². The Labute approximate surface area is 175 Å². The molecular formula is C22H26ClNO5. The van der Waals surface area contributed by atoms with Crippen LogP contribution in [0.1, 0.15) is 31.4 Å². The van der Waals surface area contributed by atoms with Crippen LogP contribution in [0.2, 0.25) is 5.02 Å². The van der Waals surface area contributed by atoms with Crippen molar-refractivity contribution < 1.29 is 24.5 Å². The van der Waals surface area contributed by atoms with Crippen molar-refractivity contribution in [3.05, 3.63) is 64.7 Å². The summed E-state index contributed by atoms with van der Waals surface area (Å²) in [6.07, 6.45) is 0.487. The molecule has 0 aliphatic rings. The third kappa shape index (κ3) is 7.40. The number of carboxylic acids is 2. The zero-order chi connectivity index (χ0) is 21.4. The van der Waals surface area contributed by atoms with Gasteiger partial charge in [0.25, 0.3) is 0 Å². The molecule has 0 radical (unpaired) electrons. The van der Waals surface area contributed by atoms with Gasteiger partial charge in [0.1, 0.15) is 24.4 Å². The predicted octanol–water partition coefficient (Wildman–Crippen LogP) is 4.00. The Morgan fingerprint density at radius 3 is 2.34 bits per heavy atom. The maximum absolute atomic E-state index is 11.7. The molecule has 0 spiro atoms. The van der Waals surface area contributed by atoms with Gasteiger partial charge < -0.3 is 14.9 Å². The Balaban J connectivity index is 2.06. The van der Waals surface area contributed by atoms with Crippen LogP contribution in [0.3, 0.4) is 0 Å². The Hall–Kier alpha value is -2.57. The molecule has 156 valence electrons. The van der Waals surface area contributed by atoms with Gasteiger partial charge in [-0.25, -0.2) is 0 Å². The summed E-state index contributed by atoms with van der Waals surface area (Å²) in [5.41, 5.74) is 1.58. The lowest BCUT2D eigenvalue weighted by molar-refractivity contribution is -0.142. The minimum Gasteiger partial charge on any atom is -0.489 e. The Morgan fingerprint density at radius 2 is 1.72 bits per heavy atom. The Morgan fingerprint density at radius 1 is 1.03 bits per heavy atom. The summed E-state index contributed by atoms with van der Waals surface area (Å²) in [5.74, 6) is -1.44. The highest BCUT2D eigenvalue weighted by atomic mass is 35.5. The summed E-state index contributed by atoms with van der Waals surface area (Å²) in [6, 6.07) is 12.5. The van der Waals surface area contributed by atoms with Gasteiger partial charge in [0.15, 0.2) is 0 Å². The molecule has 2 aromatic carbocycles. The molecule has 0 aliphatic carbocycles. The second kappa shape index (κ2) is 10.8. The molecule has 0 amide bonds. The van der Waals surface area contributed by atoms with Crippen LogP contribution in [0.4, 0.5) is 0 Å². The number of benzene rings is 2. The van der Waals surface area contributed by atoms with Gasteiger partial charge in [-0.15, -0.1) is 0 Å². The summed E-state index contributed by atoms with van der Waals surface area (Å²) in [5, 5.41) is 22.3. The zero-order valence-corrected chi connectivity index (χ0v) is 17.2. The van der Waals surface area contributed by atoms with E-state index in [1.807, 2.05) is 32.0 Å². The van der Waals surface area contributed by atoms with E-state index in [1.54, 1.807) is 30.3 Å². The third-order valence-corrected chi connectivity index (χ3v) is 4.76. The highest BCUT2D eigenvalue weighted by Gasteiger charge is 2.26. The first-order chi connectivity index (χ1) is 13.8. The lowest BCUT2D eigenvalue weighted by atomic mass is 10.0. The van der Waals surface area contributed by atoms with Crippen molar-refractivity contribution in [3.63, 3.8) is 0 Å². The van der Waals surface area contributed by atoms with Gasteiger partial charge in [0, 0.05) is 10.6 Å². The zero-order valence-electron chi connectivity index (χ0n) is 16.5. The number of halogens is 1. The molecule has 2 aromatic rings. The molecule has 2 unspecified atom stereocenters. The van der Waals surface area contributed by atoms with Gasteiger partial charge in [-0.3, -0.25) is 14.9 Å². The van der Waals surface area contributed by atoms with Crippen LogP contribution in [0.25, 0.3) is 0 Å². The van der Waals surface area contributed by atoms with Gasteiger partial charge in [0.2, 0.25) is 0 Å². The number of hydrogen-bond donors (Lipinski definition) is 3. The SMILES string of the molecule is CC(C)CC(NC(Cc1cccc(OCc2ccccc2Cl)c1)C(=O)O)C(=O)O. The fraction of sp³-hybridized carbons (Fsp3) is 0.364. The lowest BCUT2D eigenvalue weighted by Gasteiger charge is -2.22. The summed E-state index contributed by atoms with van der Waals surface area (Å²) in [4.78, 5) is 23.1. The second-order valence-corrected chi connectivity index (χ2v) is 7.72. The largest absolute Gasteiger partial charge is 0.489 e. The minimum atomic E-state index is -1.10. The van der Waals surface area contributed by atoms with Crippen molar-refractivity contribution in [2.24, 2.45) is 5.92 Å². The van der Waals surface area contributed by atoms with Crippen LogP contribution in [0.5, 0.6) is 5.75 Å². The fourth-order valence-electron chi connectivity index (χ4n) is 2.95. The van der Waals surface area contributed by atoms with Gasteiger partial charge >= 0.3 is 11.9 Å². The van der Waals surface area contributed by atoms with Crippen LogP contribution >= 0.6 is 11.6 Å². The van der Waals surface area contributed by atoms with E-state index < -0.39 is 24.0 Å². The van der Waals surface area contributed by atoms with Gasteiger partial charge in [-0.1, -0.05) is 55.8 Å². The van der Waals surface area contributed by atoms with Crippen LogP contribution in [-0.4, -0.2) is 34.2 Å². The van der Waals surface area contributed by atoms with Gasteiger partial charge in [0.05, 0.1) is 0 Å². The van der Waals surface area contributed by atoms with E-state index in [2.05, 4.69) is 5.32 Å². The van der Waals surface area contributed by atoms with E-state index in [1.165, 1.54) is 0 Å². The van der Waals surface area contributed by atoms with E-state index in [0.29, 0.717) is 23.8 Å². The lowest BCUT2D eigenvalue weighted by Crippen LogP contribution is -2.48. The number of nitrogens with one attached hydrogen (secondary N) is 1. The average molecular weight is 420 g/mol. The van der Waals surface area contributed by atoms with E-state index >= 15 is 0 Å². The predicted molar refractivity (Wildman–Crippen MR) is 111 cm³/mol. The topological polar surface area (TPSA) is 95.9 Å². The standard InChI is InChI=1S/C22H26ClNO5/c1-14(2)10-19(21(25)26)24-20(22(27)28)12-15-6-5-8-17(11-15)29-13-16-7-3-4-9-18(16)23/h3-9,11,14,19-20,24H,10,12-13H2,1-2H3,(H,25,26)(H,27,28). The molecule has 0 saturated carbocycles. The van der Waals surface area contributed by atoms with Crippen molar-refractivity contribution in [3.8, 4) is 5.75 Å². The van der Waals surface area contributed by atoms with Crippen molar-refractivity contribution in [2.45, 2.75) is 45.4 Å². The molecule has 7 heteroatoms. The Bertz CT molecular complexity index is 839. The van der Waals surface area contributed by atoms with Crippen molar-refractivity contribution in [1.82, 2.24) is 5.32 Å². The molecule has 2 atom stereocenters. The number of hydrogen-bond acceptors (Lipinski definition) is 4. The van der Waals surface area contributed by atoms with E-state index in [0.717, 1.165) is 11.1 Å².